The third kappa shape index (κ3) is 1.92. The van der Waals surface area contributed by atoms with Gasteiger partial charge in [0.05, 0.1) is 4.87 Å². The molecule has 0 aromatic rings. The Bertz CT molecular complexity index is 170. The highest BCUT2D eigenvalue weighted by Crippen LogP contribution is 2.22. The number of dihydropyridines is 1. The van der Waals surface area contributed by atoms with Crippen LogP contribution in [0.1, 0.15) is 6.92 Å². The van der Waals surface area contributed by atoms with E-state index < -0.39 is 4.87 Å². The van der Waals surface area contributed by atoms with Crippen LogP contribution in [0.25, 0.3) is 0 Å². The molecule has 0 amide bonds. The topological polar surface area (TPSA) is 12.0 Å². The Morgan fingerprint density at radius 2 is 2.33 bits per heavy atom. The number of hydrogen-bond acceptors (Lipinski definition) is 1. The third-order valence-corrected chi connectivity index (χ3v) is 1.49. The normalized spacial score (nSPS) is 33.4. The zero-order chi connectivity index (χ0) is 6.91. The molecule has 0 fully saturated rings. The molecule has 0 bridgehead atoms. The number of halogens is 2. The van der Waals surface area contributed by atoms with Crippen LogP contribution in [0, 0.1) is 0 Å². The van der Waals surface area contributed by atoms with Crippen molar-refractivity contribution in [2.45, 2.75) is 11.8 Å². The Hall–Kier alpha value is -0.140. The number of allylic oxidation sites excluding steroid dienone is 2. The fourth-order valence-electron chi connectivity index (χ4n) is 0.622. The number of nitrogens with one attached hydrogen (secondary N) is 1. The van der Waals surface area contributed by atoms with E-state index in [9.17, 15) is 0 Å². The molecule has 1 N–H and O–H groups in total. The molecule has 0 saturated carbocycles. The lowest BCUT2D eigenvalue weighted by atomic mass is 10.1. The highest BCUT2D eigenvalue weighted by Gasteiger charge is 2.16. The molecule has 50 valence electrons. The number of alkyl halides is 1. The standard InChI is InChI=1S/C6H7Cl2N/c1-6(8)2-3-9-5(7)4-6/h2-4,9H,1H3. The van der Waals surface area contributed by atoms with E-state index in [2.05, 4.69) is 5.32 Å². The molecule has 1 rings (SSSR count). The van der Waals surface area contributed by atoms with Gasteiger partial charge in [0.15, 0.2) is 0 Å². The van der Waals surface area contributed by atoms with Crippen molar-refractivity contribution in [1.29, 1.82) is 0 Å². The van der Waals surface area contributed by atoms with Gasteiger partial charge in [-0.3, -0.25) is 0 Å². The Morgan fingerprint density at radius 1 is 1.67 bits per heavy atom. The minimum Gasteiger partial charge on any atom is -0.353 e. The van der Waals surface area contributed by atoms with E-state index in [0.29, 0.717) is 5.16 Å². The zero-order valence-corrected chi connectivity index (χ0v) is 6.50. The van der Waals surface area contributed by atoms with E-state index in [1.54, 1.807) is 12.3 Å². The van der Waals surface area contributed by atoms with E-state index in [0.717, 1.165) is 0 Å². The average Bonchev–Trinajstić information content (AvgIpc) is 1.60. The van der Waals surface area contributed by atoms with Gasteiger partial charge in [-0.2, -0.15) is 0 Å². The van der Waals surface area contributed by atoms with Gasteiger partial charge in [-0.1, -0.05) is 11.6 Å². The predicted molar refractivity (Wildman–Crippen MR) is 40.5 cm³/mol. The summed E-state index contributed by atoms with van der Waals surface area (Å²) in [5, 5.41) is 3.38. The summed E-state index contributed by atoms with van der Waals surface area (Å²) in [7, 11) is 0. The predicted octanol–water partition coefficient (Wildman–Crippen LogP) is 2.18. The first-order chi connectivity index (χ1) is 4.10. The Morgan fingerprint density at radius 3 is 2.67 bits per heavy atom. The molecular formula is C6H7Cl2N. The van der Waals surface area contributed by atoms with Crippen molar-refractivity contribution >= 4 is 23.2 Å². The lowest BCUT2D eigenvalue weighted by molar-refractivity contribution is 0.918. The monoisotopic (exact) mass is 163 g/mol. The van der Waals surface area contributed by atoms with Gasteiger partial charge >= 0.3 is 0 Å². The minimum absolute atomic E-state index is 0.414. The molecule has 3 heteroatoms. The molecular weight excluding hydrogens is 157 g/mol. The van der Waals surface area contributed by atoms with E-state index in [1.165, 1.54) is 0 Å². The van der Waals surface area contributed by atoms with Gasteiger partial charge in [-0.15, -0.1) is 11.6 Å². The van der Waals surface area contributed by atoms with Crippen LogP contribution in [0.15, 0.2) is 23.5 Å². The van der Waals surface area contributed by atoms with Crippen LogP contribution in [0.5, 0.6) is 0 Å². The Labute approximate surface area is 64.3 Å². The molecule has 0 spiro atoms. The summed E-state index contributed by atoms with van der Waals surface area (Å²) in [6, 6.07) is 0. The molecule has 1 nitrogen and oxygen atoms in total. The molecule has 1 aliphatic rings. The minimum atomic E-state index is -0.414. The van der Waals surface area contributed by atoms with Crippen LogP contribution in [-0.4, -0.2) is 4.87 Å². The second-order valence-electron chi connectivity index (χ2n) is 2.12. The van der Waals surface area contributed by atoms with Gasteiger partial charge in [0.2, 0.25) is 0 Å². The second-order valence-corrected chi connectivity index (χ2v) is 3.34. The highest BCUT2D eigenvalue weighted by molar-refractivity contribution is 6.32. The van der Waals surface area contributed by atoms with E-state index in [4.69, 9.17) is 23.2 Å². The lowest BCUT2D eigenvalue weighted by Gasteiger charge is -2.16. The van der Waals surface area contributed by atoms with Crippen LogP contribution in [-0.2, 0) is 0 Å². The van der Waals surface area contributed by atoms with Crippen molar-refractivity contribution in [3.8, 4) is 0 Å². The van der Waals surface area contributed by atoms with Gasteiger partial charge < -0.3 is 5.32 Å². The van der Waals surface area contributed by atoms with Crippen LogP contribution in [0.2, 0.25) is 0 Å². The van der Waals surface area contributed by atoms with Gasteiger partial charge in [-0.05, 0) is 25.3 Å². The maximum atomic E-state index is 5.88. The molecule has 0 saturated heterocycles. The molecule has 0 aromatic heterocycles. The maximum absolute atomic E-state index is 5.88. The molecule has 1 heterocycles. The molecule has 0 aliphatic carbocycles. The fourth-order valence-corrected chi connectivity index (χ4v) is 1.14. The molecule has 0 radical (unpaired) electrons. The van der Waals surface area contributed by atoms with Gasteiger partial charge in [-0.25, -0.2) is 0 Å². The van der Waals surface area contributed by atoms with Crippen molar-refractivity contribution in [2.24, 2.45) is 0 Å². The summed E-state index contributed by atoms with van der Waals surface area (Å²) in [6.07, 6.45) is 5.31. The summed E-state index contributed by atoms with van der Waals surface area (Å²) in [5.41, 5.74) is 0. The molecule has 0 aromatic carbocycles. The summed E-state index contributed by atoms with van der Waals surface area (Å²) in [5.74, 6) is 0. The zero-order valence-electron chi connectivity index (χ0n) is 4.99. The Kier molecular flexibility index (Phi) is 1.73. The smallest absolute Gasteiger partial charge is 0.104 e. The maximum Gasteiger partial charge on any atom is 0.104 e. The van der Waals surface area contributed by atoms with Crippen LogP contribution >= 0.6 is 23.2 Å². The first kappa shape index (κ1) is 6.97. The first-order valence-corrected chi connectivity index (χ1v) is 3.37. The van der Waals surface area contributed by atoms with Crippen molar-refractivity contribution in [3.05, 3.63) is 23.5 Å². The van der Waals surface area contributed by atoms with Crippen LogP contribution in [0.4, 0.5) is 0 Å². The first-order valence-electron chi connectivity index (χ1n) is 2.62. The van der Waals surface area contributed by atoms with Crippen molar-refractivity contribution in [3.63, 3.8) is 0 Å². The lowest BCUT2D eigenvalue weighted by Crippen LogP contribution is -2.17. The van der Waals surface area contributed by atoms with E-state index in [-0.39, 0.29) is 0 Å². The Balaban J connectivity index is 2.78. The average molecular weight is 164 g/mol. The van der Waals surface area contributed by atoms with E-state index >= 15 is 0 Å². The fraction of sp³-hybridized carbons (Fsp3) is 0.333. The second kappa shape index (κ2) is 2.24. The van der Waals surface area contributed by atoms with Crippen molar-refractivity contribution < 1.29 is 0 Å². The summed E-state index contributed by atoms with van der Waals surface area (Å²) < 4.78 is 0. The van der Waals surface area contributed by atoms with Crippen molar-refractivity contribution in [1.82, 2.24) is 5.32 Å². The number of rotatable bonds is 0. The summed E-state index contributed by atoms with van der Waals surface area (Å²) in [6.45, 7) is 1.87. The molecule has 1 atom stereocenters. The molecule has 9 heavy (non-hydrogen) atoms. The summed E-state index contributed by atoms with van der Waals surface area (Å²) in [4.78, 5) is -0.414. The quantitative estimate of drug-likeness (QED) is 0.427. The van der Waals surface area contributed by atoms with Gasteiger partial charge in [0, 0.05) is 0 Å². The summed E-state index contributed by atoms with van der Waals surface area (Å²) >= 11 is 11.5. The SMILES string of the molecule is CC1(Cl)C=CNC(Cl)=C1. The molecule has 1 aliphatic heterocycles. The van der Waals surface area contributed by atoms with E-state index in [1.807, 2.05) is 13.0 Å². The van der Waals surface area contributed by atoms with Crippen LogP contribution in [0.3, 0.4) is 0 Å². The molecule has 1 unspecified atom stereocenters. The highest BCUT2D eigenvalue weighted by atomic mass is 35.5. The van der Waals surface area contributed by atoms with Gasteiger partial charge in [0.1, 0.15) is 5.16 Å². The van der Waals surface area contributed by atoms with Gasteiger partial charge in [0.25, 0.3) is 0 Å². The van der Waals surface area contributed by atoms with Crippen molar-refractivity contribution in [2.75, 3.05) is 0 Å². The largest absolute Gasteiger partial charge is 0.353 e. The van der Waals surface area contributed by atoms with Crippen LogP contribution < -0.4 is 5.32 Å². The third-order valence-electron chi connectivity index (χ3n) is 1.04. The number of hydrogen-bond donors (Lipinski definition) is 1.